The lowest BCUT2D eigenvalue weighted by Crippen LogP contribution is -2.43. The standard InChI is InChI=1S/C22H28N2O3S/c1-14-6-11-18-19(15(14)2)24(13-12-23(3)4)22(26)20(25)21(28-18)16-7-9-17(27-5)10-8-16/h6-11,20-21,25H,12-13H2,1-5H3. The fourth-order valence-corrected chi connectivity index (χ4v) is 4.71. The van der Waals surface area contributed by atoms with Crippen molar-refractivity contribution in [3.63, 3.8) is 0 Å². The molecule has 28 heavy (non-hydrogen) atoms. The first-order valence-corrected chi connectivity index (χ1v) is 10.3. The van der Waals surface area contributed by atoms with Gasteiger partial charge in [0, 0.05) is 18.0 Å². The molecule has 0 spiro atoms. The molecular formula is C22H28N2O3S. The van der Waals surface area contributed by atoms with Gasteiger partial charge in [0.25, 0.3) is 5.91 Å². The van der Waals surface area contributed by atoms with E-state index >= 15 is 0 Å². The summed E-state index contributed by atoms with van der Waals surface area (Å²) in [5.41, 5.74) is 4.05. The number of carbonyl (C=O) groups excluding carboxylic acids is 1. The number of thioether (sulfide) groups is 1. The summed E-state index contributed by atoms with van der Waals surface area (Å²) in [6, 6.07) is 11.7. The van der Waals surface area contributed by atoms with E-state index in [1.54, 1.807) is 23.8 Å². The van der Waals surface area contributed by atoms with Crippen LogP contribution in [0.4, 0.5) is 5.69 Å². The van der Waals surface area contributed by atoms with Crippen LogP contribution < -0.4 is 9.64 Å². The first-order valence-electron chi connectivity index (χ1n) is 9.38. The van der Waals surface area contributed by atoms with Crippen molar-refractivity contribution in [1.82, 2.24) is 4.90 Å². The van der Waals surface area contributed by atoms with Crippen LogP contribution in [0.1, 0.15) is 21.9 Å². The van der Waals surface area contributed by atoms with Crippen LogP contribution in [0.5, 0.6) is 5.75 Å². The monoisotopic (exact) mass is 400 g/mol. The number of benzene rings is 2. The molecule has 0 saturated carbocycles. The van der Waals surface area contributed by atoms with Gasteiger partial charge in [0.1, 0.15) is 11.9 Å². The summed E-state index contributed by atoms with van der Waals surface area (Å²) in [7, 11) is 5.59. The van der Waals surface area contributed by atoms with E-state index in [-0.39, 0.29) is 11.2 Å². The van der Waals surface area contributed by atoms with E-state index in [4.69, 9.17) is 4.74 Å². The minimum atomic E-state index is -1.12. The highest BCUT2D eigenvalue weighted by molar-refractivity contribution is 7.99. The number of rotatable bonds is 5. The topological polar surface area (TPSA) is 53.0 Å². The Labute approximate surface area is 171 Å². The fourth-order valence-electron chi connectivity index (χ4n) is 3.37. The number of hydrogen-bond acceptors (Lipinski definition) is 5. The summed E-state index contributed by atoms with van der Waals surface area (Å²) >= 11 is 1.55. The van der Waals surface area contributed by atoms with E-state index in [1.165, 1.54) is 0 Å². The van der Waals surface area contributed by atoms with Crippen LogP contribution in [0.2, 0.25) is 0 Å². The maximum absolute atomic E-state index is 13.3. The number of amides is 1. The molecule has 150 valence electrons. The van der Waals surface area contributed by atoms with Crippen LogP contribution in [-0.4, -0.2) is 56.3 Å². The summed E-state index contributed by atoms with van der Waals surface area (Å²) in [5, 5.41) is 10.6. The number of methoxy groups -OCH3 is 1. The summed E-state index contributed by atoms with van der Waals surface area (Å²) in [4.78, 5) is 18.1. The lowest BCUT2D eigenvalue weighted by atomic mass is 10.0. The summed E-state index contributed by atoms with van der Waals surface area (Å²) < 4.78 is 5.24. The Morgan fingerprint density at radius 1 is 1.14 bits per heavy atom. The van der Waals surface area contributed by atoms with Crippen LogP contribution in [-0.2, 0) is 4.79 Å². The van der Waals surface area contributed by atoms with Gasteiger partial charge >= 0.3 is 0 Å². The third-order valence-corrected chi connectivity index (χ3v) is 6.58. The Kier molecular flexibility index (Phi) is 6.33. The van der Waals surface area contributed by atoms with Crippen molar-refractivity contribution < 1.29 is 14.6 Å². The quantitative estimate of drug-likeness (QED) is 0.834. The van der Waals surface area contributed by atoms with E-state index in [2.05, 4.69) is 19.1 Å². The maximum atomic E-state index is 13.3. The van der Waals surface area contributed by atoms with Crippen LogP contribution in [0, 0.1) is 13.8 Å². The van der Waals surface area contributed by atoms with Gasteiger partial charge < -0.3 is 19.6 Å². The number of carbonyl (C=O) groups is 1. The van der Waals surface area contributed by atoms with Gasteiger partial charge in [0.2, 0.25) is 0 Å². The Morgan fingerprint density at radius 2 is 1.82 bits per heavy atom. The molecule has 1 amide bonds. The highest BCUT2D eigenvalue weighted by Gasteiger charge is 2.38. The first kappa shape index (κ1) is 20.7. The van der Waals surface area contributed by atoms with E-state index in [9.17, 15) is 9.90 Å². The molecule has 1 N–H and O–H groups in total. The van der Waals surface area contributed by atoms with Crippen molar-refractivity contribution in [3.8, 4) is 5.75 Å². The van der Waals surface area contributed by atoms with Crippen molar-refractivity contribution >= 4 is 23.4 Å². The van der Waals surface area contributed by atoms with Gasteiger partial charge in [0.05, 0.1) is 18.0 Å². The van der Waals surface area contributed by atoms with E-state index in [1.807, 2.05) is 50.2 Å². The number of nitrogens with zero attached hydrogens (tertiary/aromatic N) is 2. The molecule has 2 aromatic carbocycles. The number of fused-ring (bicyclic) bond motifs is 1. The SMILES string of the molecule is COc1ccc(C2Sc3ccc(C)c(C)c3N(CCN(C)C)C(=O)C2O)cc1. The van der Waals surface area contributed by atoms with Gasteiger partial charge in [-0.25, -0.2) is 0 Å². The zero-order valence-electron chi connectivity index (χ0n) is 17.1. The molecule has 2 atom stereocenters. The van der Waals surface area contributed by atoms with Gasteiger partial charge in [-0.3, -0.25) is 4.79 Å². The molecule has 3 rings (SSSR count). The number of aliphatic hydroxyl groups excluding tert-OH is 1. The Hall–Kier alpha value is -2.02. The highest BCUT2D eigenvalue weighted by Crippen LogP contribution is 2.47. The average Bonchev–Trinajstić information content (AvgIpc) is 2.79. The molecule has 1 aliphatic rings. The van der Waals surface area contributed by atoms with Crippen LogP contribution in [0.15, 0.2) is 41.3 Å². The predicted octanol–water partition coefficient (Wildman–Crippen LogP) is 3.41. The lowest BCUT2D eigenvalue weighted by molar-refractivity contribution is -0.126. The second-order valence-corrected chi connectivity index (χ2v) is 8.59. The molecule has 1 aliphatic heterocycles. The van der Waals surface area contributed by atoms with Crippen molar-refractivity contribution in [1.29, 1.82) is 0 Å². The number of aliphatic hydroxyl groups is 1. The summed E-state index contributed by atoms with van der Waals surface area (Å²) in [5.74, 6) is 0.505. The van der Waals surface area contributed by atoms with Crippen LogP contribution >= 0.6 is 11.8 Å². The third-order valence-electron chi connectivity index (χ3n) is 5.21. The fraction of sp³-hybridized carbons (Fsp3) is 0.409. The number of hydrogen-bond donors (Lipinski definition) is 1. The van der Waals surface area contributed by atoms with Gasteiger partial charge in [-0.2, -0.15) is 0 Å². The molecule has 0 fully saturated rings. The number of likely N-dealkylation sites (N-methyl/N-ethyl adjacent to an activating group) is 1. The minimum Gasteiger partial charge on any atom is -0.497 e. The summed E-state index contributed by atoms with van der Waals surface area (Å²) in [6.07, 6.45) is -1.12. The van der Waals surface area contributed by atoms with Gasteiger partial charge in [0.15, 0.2) is 0 Å². The number of anilines is 1. The molecule has 0 saturated heterocycles. The third kappa shape index (κ3) is 4.04. The first-order chi connectivity index (χ1) is 13.3. The second kappa shape index (κ2) is 8.55. The molecule has 0 aromatic heterocycles. The molecule has 6 heteroatoms. The van der Waals surface area contributed by atoms with Gasteiger partial charge in [-0.1, -0.05) is 18.2 Å². The molecule has 1 heterocycles. The van der Waals surface area contributed by atoms with E-state index in [0.29, 0.717) is 6.54 Å². The molecular weight excluding hydrogens is 372 g/mol. The smallest absolute Gasteiger partial charge is 0.257 e. The van der Waals surface area contributed by atoms with Crippen molar-refractivity contribution in [3.05, 3.63) is 53.1 Å². The molecule has 0 bridgehead atoms. The number of ether oxygens (including phenoxy) is 1. The highest BCUT2D eigenvalue weighted by atomic mass is 32.2. The normalized spacial score (nSPS) is 19.5. The van der Waals surface area contributed by atoms with Crippen LogP contribution in [0.25, 0.3) is 0 Å². The zero-order chi connectivity index (χ0) is 20.4. The molecule has 2 aromatic rings. The summed E-state index contributed by atoms with van der Waals surface area (Å²) in [6.45, 7) is 5.36. The zero-order valence-corrected chi connectivity index (χ0v) is 17.9. The van der Waals surface area contributed by atoms with Crippen LogP contribution in [0.3, 0.4) is 0 Å². The molecule has 2 unspecified atom stereocenters. The van der Waals surface area contributed by atoms with Gasteiger partial charge in [-0.05, 0) is 62.8 Å². The van der Waals surface area contributed by atoms with Crippen molar-refractivity contribution in [2.75, 3.05) is 39.2 Å². The minimum absolute atomic E-state index is 0.248. The lowest BCUT2D eigenvalue weighted by Gasteiger charge is -2.28. The van der Waals surface area contributed by atoms with Gasteiger partial charge in [-0.15, -0.1) is 11.8 Å². The second-order valence-electron chi connectivity index (χ2n) is 7.40. The maximum Gasteiger partial charge on any atom is 0.257 e. The number of aryl methyl sites for hydroxylation is 1. The Bertz CT molecular complexity index is 852. The van der Waals surface area contributed by atoms with Crippen molar-refractivity contribution in [2.45, 2.75) is 30.1 Å². The largest absolute Gasteiger partial charge is 0.497 e. The molecule has 5 nitrogen and oxygen atoms in total. The molecule has 0 aliphatic carbocycles. The van der Waals surface area contributed by atoms with Crippen molar-refractivity contribution in [2.24, 2.45) is 0 Å². The van der Waals surface area contributed by atoms with E-state index < -0.39 is 6.10 Å². The average molecular weight is 401 g/mol. The Balaban J connectivity index is 2.06. The Morgan fingerprint density at radius 3 is 2.43 bits per heavy atom. The molecule has 0 radical (unpaired) electrons. The van der Waals surface area contributed by atoms with E-state index in [0.717, 1.165) is 39.6 Å². The predicted molar refractivity (Wildman–Crippen MR) is 114 cm³/mol.